The average Bonchev–Trinajstić information content (AvgIpc) is 2.83. The summed E-state index contributed by atoms with van der Waals surface area (Å²) in [6, 6.07) is 12.5. The van der Waals surface area contributed by atoms with Gasteiger partial charge in [-0.15, -0.1) is 0 Å². The second kappa shape index (κ2) is 10.6. The molecule has 0 atom stereocenters. The van der Waals surface area contributed by atoms with Crippen molar-refractivity contribution in [3.05, 3.63) is 70.2 Å². The first-order chi connectivity index (χ1) is 16.1. The summed E-state index contributed by atoms with van der Waals surface area (Å²) in [4.78, 5) is 20.2. The fourth-order valence-electron chi connectivity index (χ4n) is 4.48. The Morgan fingerprint density at radius 2 is 2.00 bits per heavy atom. The first kappa shape index (κ1) is 22.9. The summed E-state index contributed by atoms with van der Waals surface area (Å²) in [5, 5.41) is 9.76. The van der Waals surface area contributed by atoms with Gasteiger partial charge in [-0.2, -0.15) is 0 Å². The van der Waals surface area contributed by atoms with Crippen molar-refractivity contribution in [3.8, 4) is 0 Å². The number of hydrogen-bond donors (Lipinski definition) is 0. The lowest BCUT2D eigenvalue weighted by molar-refractivity contribution is 0.141. The number of rotatable bonds is 8. The third kappa shape index (κ3) is 5.21. The van der Waals surface area contributed by atoms with Crippen molar-refractivity contribution >= 4 is 22.3 Å². The molecular weight excluding hydrogens is 412 g/mol. The third-order valence-electron chi connectivity index (χ3n) is 6.08. The van der Waals surface area contributed by atoms with Crippen LogP contribution in [0.15, 0.2) is 46.7 Å². The van der Waals surface area contributed by atoms with E-state index in [1.165, 1.54) is 22.1 Å². The number of fused-ring (bicyclic) bond motifs is 2. The Morgan fingerprint density at radius 1 is 1.12 bits per heavy atom. The van der Waals surface area contributed by atoms with Crippen LogP contribution in [-0.4, -0.2) is 35.1 Å². The van der Waals surface area contributed by atoms with E-state index in [4.69, 9.17) is 14.7 Å². The van der Waals surface area contributed by atoms with Crippen LogP contribution < -0.4 is 0 Å². The fourth-order valence-corrected chi connectivity index (χ4v) is 4.48. The molecule has 1 aliphatic carbocycles. The van der Waals surface area contributed by atoms with Crippen LogP contribution in [-0.2, 0) is 28.9 Å². The summed E-state index contributed by atoms with van der Waals surface area (Å²) in [5.41, 5.74) is 9.67. The Hall–Kier alpha value is -3.28. The maximum Gasteiger partial charge on any atom is 0.117 e. The Kier molecular flexibility index (Phi) is 7.33. The van der Waals surface area contributed by atoms with E-state index in [2.05, 4.69) is 47.3 Å². The van der Waals surface area contributed by atoms with Gasteiger partial charge in [-0.3, -0.25) is 4.98 Å². The van der Waals surface area contributed by atoms with Crippen LogP contribution >= 0.6 is 0 Å². The summed E-state index contributed by atoms with van der Waals surface area (Å²) in [6.45, 7) is 6.80. The third-order valence-corrected chi connectivity index (χ3v) is 6.08. The van der Waals surface area contributed by atoms with E-state index in [1.54, 1.807) is 7.11 Å². The first-order valence-electron chi connectivity index (χ1n) is 11.8. The molecule has 1 aromatic carbocycles. The highest BCUT2D eigenvalue weighted by atomic mass is 16.6. The number of pyridine rings is 2. The number of hydrogen-bond acceptors (Lipinski definition) is 6. The summed E-state index contributed by atoms with van der Waals surface area (Å²) < 4.78 is 0. The minimum absolute atomic E-state index is 0.545. The molecule has 172 valence electrons. The number of aromatic nitrogens is 2. The van der Waals surface area contributed by atoms with Crippen LogP contribution in [0.2, 0.25) is 0 Å². The van der Waals surface area contributed by atoms with Crippen LogP contribution in [0.1, 0.15) is 66.9 Å². The Labute approximate surface area is 195 Å². The van der Waals surface area contributed by atoms with Crippen molar-refractivity contribution in [2.45, 2.75) is 59.3 Å². The molecule has 6 nitrogen and oxygen atoms in total. The smallest absolute Gasteiger partial charge is 0.117 e. The molecule has 0 saturated carbocycles. The Morgan fingerprint density at radius 3 is 2.82 bits per heavy atom. The van der Waals surface area contributed by atoms with E-state index in [1.807, 2.05) is 25.1 Å². The van der Waals surface area contributed by atoms with E-state index < -0.39 is 0 Å². The molecule has 4 rings (SSSR count). The predicted molar refractivity (Wildman–Crippen MR) is 133 cm³/mol. The molecule has 0 unspecified atom stereocenters. The molecule has 0 N–H and O–H groups in total. The fraction of sp³-hybridized carbons (Fsp3) is 0.407. The van der Waals surface area contributed by atoms with Gasteiger partial charge in [-0.05, 0) is 87.8 Å². The van der Waals surface area contributed by atoms with Gasteiger partial charge in [0, 0.05) is 11.1 Å². The van der Waals surface area contributed by atoms with Gasteiger partial charge in [0.1, 0.15) is 25.1 Å². The van der Waals surface area contributed by atoms with Gasteiger partial charge in [0.2, 0.25) is 0 Å². The molecule has 2 heterocycles. The Balaban J connectivity index is 1.44. The summed E-state index contributed by atoms with van der Waals surface area (Å²) in [6.07, 6.45) is 5.70. The highest BCUT2D eigenvalue weighted by Crippen LogP contribution is 2.30. The molecule has 3 aromatic rings. The van der Waals surface area contributed by atoms with Gasteiger partial charge >= 0.3 is 0 Å². The number of benzene rings is 1. The molecule has 1 aliphatic rings. The van der Waals surface area contributed by atoms with Crippen molar-refractivity contribution in [1.29, 1.82) is 0 Å². The zero-order valence-electron chi connectivity index (χ0n) is 20.0. The molecule has 0 amide bonds. The van der Waals surface area contributed by atoms with Crippen LogP contribution in [0.25, 0.3) is 10.9 Å². The maximum atomic E-state index is 5.75. The summed E-state index contributed by atoms with van der Waals surface area (Å²) in [7, 11) is 1.54. The molecule has 2 aromatic heterocycles. The molecule has 6 heteroatoms. The van der Waals surface area contributed by atoms with Gasteiger partial charge in [0.25, 0.3) is 0 Å². The largest absolute Gasteiger partial charge is 0.399 e. The van der Waals surface area contributed by atoms with Crippen LogP contribution in [0.5, 0.6) is 0 Å². The van der Waals surface area contributed by atoms with Gasteiger partial charge < -0.3 is 9.68 Å². The molecule has 0 fully saturated rings. The van der Waals surface area contributed by atoms with Crippen LogP contribution in [0.3, 0.4) is 0 Å². The molecule has 0 aliphatic heterocycles. The molecule has 33 heavy (non-hydrogen) atoms. The minimum atomic E-state index is 0.545. The van der Waals surface area contributed by atoms with Gasteiger partial charge in [0.15, 0.2) is 0 Å². The number of aryl methyl sites for hydroxylation is 3. The monoisotopic (exact) mass is 444 g/mol. The van der Waals surface area contributed by atoms with Gasteiger partial charge in [-0.25, -0.2) is 4.98 Å². The SMILES string of the molecule is CCc1c2c(nc3ccc(C)cc13)/C(=N/OCCCc1cccc(/C(C)=N/OC)n1)CCC2. The number of oxime groups is 2. The highest BCUT2D eigenvalue weighted by molar-refractivity contribution is 6.03. The second-order valence-electron chi connectivity index (χ2n) is 8.49. The van der Waals surface area contributed by atoms with Crippen molar-refractivity contribution < 1.29 is 9.68 Å². The lowest BCUT2D eigenvalue weighted by Crippen LogP contribution is -2.17. The van der Waals surface area contributed by atoms with E-state index in [0.717, 1.165) is 72.5 Å². The first-order valence-corrected chi connectivity index (χ1v) is 11.8. The lowest BCUT2D eigenvalue weighted by Gasteiger charge is -2.21. The molecule has 0 bridgehead atoms. The quantitative estimate of drug-likeness (QED) is 0.259. The normalized spacial score (nSPS) is 15.0. The molecule has 0 radical (unpaired) electrons. The van der Waals surface area contributed by atoms with Crippen LogP contribution in [0.4, 0.5) is 0 Å². The van der Waals surface area contributed by atoms with Crippen LogP contribution in [0, 0.1) is 6.92 Å². The van der Waals surface area contributed by atoms with Gasteiger partial charge in [0.05, 0.1) is 16.9 Å². The highest BCUT2D eigenvalue weighted by Gasteiger charge is 2.22. The van der Waals surface area contributed by atoms with Crippen molar-refractivity contribution in [2.24, 2.45) is 10.3 Å². The lowest BCUT2D eigenvalue weighted by atomic mass is 9.87. The van der Waals surface area contributed by atoms with E-state index in [-0.39, 0.29) is 0 Å². The zero-order chi connectivity index (χ0) is 23.2. The standard InChI is InChI=1S/C27H32N4O2/c1-5-21-22-11-7-13-26(27(22)29-25-15-14-18(2)17-23(21)25)31-33-16-8-10-20-9-6-12-24(28-20)19(3)30-32-4/h6,9,12,14-15,17H,5,7-8,10-11,13,16H2,1-4H3/b30-19+,31-26+. The minimum Gasteiger partial charge on any atom is -0.399 e. The van der Waals surface area contributed by atoms with E-state index >= 15 is 0 Å². The maximum absolute atomic E-state index is 5.75. The average molecular weight is 445 g/mol. The number of nitrogens with zero attached hydrogens (tertiary/aromatic N) is 4. The van der Waals surface area contributed by atoms with Crippen molar-refractivity contribution in [2.75, 3.05) is 13.7 Å². The van der Waals surface area contributed by atoms with Crippen molar-refractivity contribution in [1.82, 2.24) is 9.97 Å². The summed E-state index contributed by atoms with van der Waals surface area (Å²) in [5.74, 6) is 0. The second-order valence-corrected chi connectivity index (χ2v) is 8.49. The zero-order valence-corrected chi connectivity index (χ0v) is 20.0. The predicted octanol–water partition coefficient (Wildman–Crippen LogP) is 5.56. The molecular formula is C27H32N4O2. The van der Waals surface area contributed by atoms with Crippen molar-refractivity contribution in [3.63, 3.8) is 0 Å². The summed E-state index contributed by atoms with van der Waals surface area (Å²) >= 11 is 0. The van der Waals surface area contributed by atoms with E-state index in [0.29, 0.717) is 6.61 Å². The topological polar surface area (TPSA) is 69.0 Å². The Bertz CT molecular complexity index is 1200. The van der Waals surface area contributed by atoms with Gasteiger partial charge in [-0.1, -0.05) is 34.9 Å². The molecule has 0 spiro atoms. The van der Waals surface area contributed by atoms with E-state index in [9.17, 15) is 0 Å². The molecule has 0 saturated heterocycles.